The maximum Gasteiger partial charge on any atom is 0.198 e. The lowest BCUT2D eigenvalue weighted by molar-refractivity contribution is -0.399. The Kier molecular flexibility index (Phi) is 4.21. The molecular weight excluding hydrogens is 440 g/mol. The number of fused-ring (bicyclic) bond motifs is 9. The van der Waals surface area contributed by atoms with Crippen LogP contribution in [0, 0.1) is 39.4 Å². The molecule has 0 radical (unpaired) electrons. The summed E-state index contributed by atoms with van der Waals surface area (Å²) in [5, 5.41) is 22.5. The van der Waals surface area contributed by atoms with Crippen LogP contribution in [-0.4, -0.2) is 45.2 Å². The maximum absolute atomic E-state index is 11.4. The lowest BCUT2D eigenvalue weighted by Crippen LogP contribution is -2.73. The van der Waals surface area contributed by atoms with Crippen molar-refractivity contribution in [3.8, 4) is 0 Å². The second-order valence-corrected chi connectivity index (χ2v) is 15.8. The summed E-state index contributed by atoms with van der Waals surface area (Å²) in [7, 11) is 0. The maximum atomic E-state index is 11.4. The first-order valence-corrected chi connectivity index (χ1v) is 14.5. The monoisotopic (exact) mass is 488 g/mol. The Morgan fingerprint density at radius 3 is 2.03 bits per heavy atom. The van der Waals surface area contributed by atoms with Crippen molar-refractivity contribution in [2.75, 3.05) is 6.61 Å². The molecule has 8 fully saturated rings. The fraction of sp³-hybridized carbons (Fsp3) is 1.00. The summed E-state index contributed by atoms with van der Waals surface area (Å²) < 4.78 is 20.2. The molecule has 8 rings (SSSR count). The molecule has 4 saturated heterocycles. The number of hydrogen-bond acceptors (Lipinski definition) is 5. The molecule has 2 N–H and O–H groups in total. The zero-order chi connectivity index (χ0) is 25.1. The van der Waals surface area contributed by atoms with Gasteiger partial charge in [-0.05, 0) is 101 Å². The first-order chi connectivity index (χ1) is 16.1. The molecule has 4 aliphatic heterocycles. The van der Waals surface area contributed by atoms with E-state index >= 15 is 0 Å². The second kappa shape index (κ2) is 6.17. The molecule has 0 aromatic carbocycles. The van der Waals surface area contributed by atoms with Crippen molar-refractivity contribution < 1.29 is 24.4 Å². The molecule has 5 heteroatoms. The van der Waals surface area contributed by atoms with Gasteiger partial charge in [0.2, 0.25) is 0 Å². The highest BCUT2D eigenvalue weighted by Gasteiger charge is 2.81. The highest BCUT2D eigenvalue weighted by atomic mass is 16.8. The smallest absolute Gasteiger partial charge is 0.198 e. The van der Waals surface area contributed by atoms with Gasteiger partial charge in [-0.2, -0.15) is 0 Å². The third kappa shape index (κ3) is 2.27. The highest BCUT2D eigenvalue weighted by molar-refractivity contribution is 5.28. The Morgan fingerprint density at radius 1 is 0.714 bits per heavy atom. The average Bonchev–Trinajstić information content (AvgIpc) is 3.36. The molecule has 35 heavy (non-hydrogen) atoms. The van der Waals surface area contributed by atoms with Gasteiger partial charge >= 0.3 is 0 Å². The normalized spacial score (nSPS) is 62.1. The van der Waals surface area contributed by atoms with Crippen molar-refractivity contribution in [2.24, 2.45) is 39.4 Å². The third-order valence-electron chi connectivity index (χ3n) is 14.4. The van der Waals surface area contributed by atoms with Crippen LogP contribution in [-0.2, 0) is 14.2 Å². The second-order valence-electron chi connectivity index (χ2n) is 15.8. The van der Waals surface area contributed by atoms with Crippen molar-refractivity contribution in [1.82, 2.24) is 0 Å². The Bertz CT molecular complexity index is 960. The predicted molar refractivity (Wildman–Crippen MR) is 132 cm³/mol. The summed E-state index contributed by atoms with van der Waals surface area (Å²) in [6.45, 7) is 16.5. The molecule has 4 aliphatic carbocycles. The summed E-state index contributed by atoms with van der Waals surface area (Å²) in [5.41, 5.74) is -1.30. The summed E-state index contributed by atoms with van der Waals surface area (Å²) in [6, 6.07) is 0. The van der Waals surface area contributed by atoms with Gasteiger partial charge < -0.3 is 24.4 Å². The Morgan fingerprint density at radius 2 is 1.40 bits per heavy atom. The lowest BCUT2D eigenvalue weighted by Gasteiger charge is -2.74. The number of hydrogen-bond donors (Lipinski definition) is 2. The first kappa shape index (κ1) is 23.9. The molecule has 10 unspecified atom stereocenters. The van der Waals surface area contributed by atoms with E-state index in [0.717, 1.165) is 45.1 Å². The molecular formula is C30H48O5. The predicted octanol–water partition coefficient (Wildman–Crippen LogP) is 5.56. The zero-order valence-electron chi connectivity index (χ0n) is 23.1. The van der Waals surface area contributed by atoms with E-state index < -0.39 is 17.2 Å². The summed E-state index contributed by atoms with van der Waals surface area (Å²) >= 11 is 0. The zero-order valence-corrected chi connectivity index (χ0v) is 23.1. The molecule has 0 amide bonds. The molecule has 4 heterocycles. The summed E-state index contributed by atoms with van der Waals surface area (Å²) in [4.78, 5) is 0. The van der Waals surface area contributed by atoms with Crippen LogP contribution in [0.3, 0.4) is 0 Å². The SMILES string of the molecule is CC(C)(O)C12CCC(C)(O1)C1(CCC3(C)C1CCC1C45CCC(O)(OC4)C(C)(C)C5CCC13C)O2. The Labute approximate surface area is 211 Å². The fourth-order valence-corrected chi connectivity index (χ4v) is 12.1. The topological polar surface area (TPSA) is 68.2 Å². The standard InChI is InChI=1S/C30H48O5/c1-22(2)19-10-11-24(5)20(27(19)14-16-29(22,32)33-18-27)8-9-21-25(24,6)12-15-28(21)26(7)13-17-30(34-26,35-28)23(3,4)31/h19-21,31-32H,8-18H2,1-7H3. The molecule has 2 spiro atoms. The van der Waals surface area contributed by atoms with Gasteiger partial charge in [0.15, 0.2) is 11.6 Å². The summed E-state index contributed by atoms with van der Waals surface area (Å²) in [6.07, 6.45) is 10.6. The van der Waals surface area contributed by atoms with Crippen LogP contribution in [0.25, 0.3) is 0 Å². The van der Waals surface area contributed by atoms with Gasteiger partial charge in [0.05, 0.1) is 12.2 Å². The van der Waals surface area contributed by atoms with E-state index in [4.69, 9.17) is 14.2 Å². The van der Waals surface area contributed by atoms with Crippen molar-refractivity contribution in [2.45, 2.75) is 141 Å². The molecule has 198 valence electrons. The van der Waals surface area contributed by atoms with Crippen LogP contribution in [0.2, 0.25) is 0 Å². The molecule has 4 bridgehead atoms. The van der Waals surface area contributed by atoms with Crippen LogP contribution in [0.1, 0.15) is 113 Å². The number of rotatable bonds is 1. The van der Waals surface area contributed by atoms with Crippen LogP contribution in [0.5, 0.6) is 0 Å². The highest BCUT2D eigenvalue weighted by Crippen LogP contribution is 2.80. The van der Waals surface area contributed by atoms with E-state index in [1.165, 1.54) is 25.7 Å². The van der Waals surface area contributed by atoms with E-state index in [-0.39, 0.29) is 32.9 Å². The molecule has 4 saturated carbocycles. The molecule has 0 aromatic heterocycles. The van der Waals surface area contributed by atoms with Crippen molar-refractivity contribution in [3.63, 3.8) is 0 Å². The van der Waals surface area contributed by atoms with E-state index in [1.807, 2.05) is 13.8 Å². The lowest BCUT2D eigenvalue weighted by atomic mass is 9.34. The van der Waals surface area contributed by atoms with Gasteiger partial charge in [0, 0.05) is 23.7 Å². The van der Waals surface area contributed by atoms with Gasteiger partial charge in [0.25, 0.3) is 0 Å². The van der Waals surface area contributed by atoms with E-state index in [1.54, 1.807) is 0 Å². The van der Waals surface area contributed by atoms with Crippen molar-refractivity contribution in [3.05, 3.63) is 0 Å². The minimum atomic E-state index is -1.02. The molecule has 8 aliphatic rings. The number of ether oxygens (including phenoxy) is 3. The summed E-state index contributed by atoms with van der Waals surface area (Å²) in [5.74, 6) is -0.258. The molecule has 10 atom stereocenters. The van der Waals surface area contributed by atoms with Crippen LogP contribution in [0.4, 0.5) is 0 Å². The quantitative estimate of drug-likeness (QED) is 0.506. The average molecular weight is 489 g/mol. The van der Waals surface area contributed by atoms with Crippen molar-refractivity contribution in [1.29, 1.82) is 0 Å². The van der Waals surface area contributed by atoms with Crippen LogP contribution >= 0.6 is 0 Å². The minimum absolute atomic E-state index is 0.169. The first-order valence-electron chi connectivity index (χ1n) is 14.5. The van der Waals surface area contributed by atoms with E-state index in [9.17, 15) is 10.2 Å². The van der Waals surface area contributed by atoms with Gasteiger partial charge in [-0.1, -0.05) is 27.7 Å². The fourth-order valence-electron chi connectivity index (χ4n) is 12.1. The molecule has 5 nitrogen and oxygen atoms in total. The van der Waals surface area contributed by atoms with E-state index in [0.29, 0.717) is 17.8 Å². The Hall–Kier alpha value is -0.200. The van der Waals surface area contributed by atoms with Crippen molar-refractivity contribution >= 4 is 0 Å². The largest absolute Gasteiger partial charge is 0.385 e. The van der Waals surface area contributed by atoms with Gasteiger partial charge in [-0.25, -0.2) is 0 Å². The van der Waals surface area contributed by atoms with Crippen LogP contribution in [0.15, 0.2) is 0 Å². The van der Waals surface area contributed by atoms with Gasteiger partial charge in [0.1, 0.15) is 11.2 Å². The van der Waals surface area contributed by atoms with Crippen LogP contribution < -0.4 is 0 Å². The minimum Gasteiger partial charge on any atom is -0.385 e. The van der Waals surface area contributed by atoms with Gasteiger partial charge in [-0.3, -0.25) is 0 Å². The number of aliphatic hydroxyl groups is 2. The van der Waals surface area contributed by atoms with Gasteiger partial charge in [-0.15, -0.1) is 0 Å². The molecule has 0 aromatic rings. The van der Waals surface area contributed by atoms with E-state index in [2.05, 4.69) is 34.6 Å². The Balaban J connectivity index is 1.29. The third-order valence-corrected chi connectivity index (χ3v) is 14.4.